The molecular weight excluding hydrogens is 199 g/mol. The third-order valence-corrected chi connectivity index (χ3v) is 0.357. The number of hydrogen-bond donors (Lipinski definition) is 2. The molecule has 0 aliphatic carbocycles. The molecule has 0 spiro atoms. The first-order valence-corrected chi connectivity index (χ1v) is 1.55. The van der Waals surface area contributed by atoms with Crippen LogP contribution in [-0.2, 0) is 4.79 Å². The summed E-state index contributed by atoms with van der Waals surface area (Å²) in [6.07, 6.45) is -1.23. The van der Waals surface area contributed by atoms with Crippen molar-refractivity contribution >= 4 is 31.8 Å². The van der Waals surface area contributed by atoms with Gasteiger partial charge in [0.15, 0.2) is 0 Å². The molecule has 1 unspecified atom stereocenters. The second kappa shape index (κ2) is 4.46. The van der Waals surface area contributed by atoms with E-state index in [1.807, 2.05) is 0 Å². The molecule has 0 aliphatic heterocycles. The number of hydrogen-bond acceptors (Lipinski definition) is 2. The molecular formula is C3H9InO3. The van der Waals surface area contributed by atoms with Crippen LogP contribution < -0.4 is 0 Å². The predicted octanol–water partition coefficient (Wildman–Crippen LogP) is -1.73. The van der Waals surface area contributed by atoms with E-state index in [-0.39, 0.29) is 25.8 Å². The molecule has 0 heterocycles. The Hall–Kier alpha value is 0.300. The fourth-order valence-corrected chi connectivity index (χ4v) is 0. The van der Waals surface area contributed by atoms with Crippen molar-refractivity contribution < 1.29 is 15.0 Å². The van der Waals surface area contributed by atoms with Crippen LogP contribution in [0, 0.1) is 0 Å². The predicted molar refractivity (Wildman–Crippen MR) is 29.3 cm³/mol. The first kappa shape index (κ1) is 10.3. The Morgan fingerprint density at radius 2 is 1.86 bits per heavy atom. The van der Waals surface area contributed by atoms with Crippen LogP contribution >= 0.6 is 0 Å². The van der Waals surface area contributed by atoms with Gasteiger partial charge in [0.2, 0.25) is 0 Å². The first-order chi connectivity index (χ1) is 2.64. The number of aliphatic hydroxyl groups excluding tert-OH is 1. The van der Waals surface area contributed by atoms with E-state index in [9.17, 15) is 4.79 Å². The van der Waals surface area contributed by atoms with Gasteiger partial charge in [0.1, 0.15) is 6.10 Å². The van der Waals surface area contributed by atoms with Crippen LogP contribution in [0.2, 0.25) is 0 Å². The van der Waals surface area contributed by atoms with E-state index in [1.54, 1.807) is 0 Å². The summed E-state index contributed by atoms with van der Waals surface area (Å²) in [5.41, 5.74) is 0. The van der Waals surface area contributed by atoms with E-state index >= 15 is 0 Å². The zero-order valence-electron chi connectivity index (χ0n) is 3.38. The normalized spacial score (nSPS) is 11.7. The number of carboxylic acid groups (broad SMARTS) is 1. The van der Waals surface area contributed by atoms with E-state index in [4.69, 9.17) is 10.2 Å². The Balaban J connectivity index is 0. The van der Waals surface area contributed by atoms with Gasteiger partial charge < -0.3 is 10.2 Å². The zero-order chi connectivity index (χ0) is 5.15. The van der Waals surface area contributed by atoms with Gasteiger partial charge in [-0.1, -0.05) is 0 Å². The third-order valence-electron chi connectivity index (χ3n) is 0.357. The molecule has 3 nitrogen and oxygen atoms in total. The Labute approximate surface area is 60.1 Å². The summed E-state index contributed by atoms with van der Waals surface area (Å²) in [6.45, 7) is 1.20. The average molecular weight is 208 g/mol. The molecule has 0 aliphatic rings. The molecule has 0 saturated heterocycles. The van der Waals surface area contributed by atoms with Crippen LogP contribution in [0.3, 0.4) is 0 Å². The van der Waals surface area contributed by atoms with Gasteiger partial charge in [-0.25, -0.2) is 4.79 Å². The summed E-state index contributed by atoms with van der Waals surface area (Å²) in [7, 11) is 0. The van der Waals surface area contributed by atoms with Crippen LogP contribution in [0.1, 0.15) is 6.92 Å². The van der Waals surface area contributed by atoms with Crippen molar-refractivity contribution in [1.82, 2.24) is 0 Å². The van der Waals surface area contributed by atoms with Gasteiger partial charge in [-0.3, -0.25) is 0 Å². The Bertz CT molecular complexity index is 61.2. The number of carboxylic acids is 1. The molecule has 1 atom stereocenters. The van der Waals surface area contributed by atoms with E-state index < -0.39 is 12.1 Å². The molecule has 0 aromatic rings. The van der Waals surface area contributed by atoms with Gasteiger partial charge in [-0.05, 0) is 6.92 Å². The van der Waals surface area contributed by atoms with Gasteiger partial charge >= 0.3 is 31.8 Å². The molecule has 0 aromatic heterocycles. The monoisotopic (exact) mass is 208 g/mol. The summed E-state index contributed by atoms with van der Waals surface area (Å²) in [5, 5.41) is 15.8. The molecule has 42 valence electrons. The maximum absolute atomic E-state index is 9.45. The zero-order valence-corrected chi connectivity index (χ0v) is 3.38. The van der Waals surface area contributed by atoms with Crippen molar-refractivity contribution in [3.8, 4) is 0 Å². The van der Waals surface area contributed by atoms with Crippen LogP contribution in [0.25, 0.3) is 0 Å². The quantitative estimate of drug-likeness (QED) is 0.538. The molecule has 0 bridgehead atoms. The van der Waals surface area contributed by atoms with Crippen molar-refractivity contribution in [3.05, 3.63) is 0 Å². The van der Waals surface area contributed by atoms with Gasteiger partial charge in [0.25, 0.3) is 0 Å². The molecule has 0 rings (SSSR count). The van der Waals surface area contributed by atoms with Crippen molar-refractivity contribution in [1.29, 1.82) is 0 Å². The minimum atomic E-state index is -1.23. The standard InChI is InChI=1S/C3H6O3.In.3H/c1-2(4)3(5)6;;;;/h2,4H,1H3,(H,5,6);;;;. The molecule has 0 radical (unpaired) electrons. The van der Waals surface area contributed by atoms with Crippen molar-refractivity contribution in [2.24, 2.45) is 0 Å². The van der Waals surface area contributed by atoms with Crippen LogP contribution in [0.5, 0.6) is 0 Å². The summed E-state index contributed by atoms with van der Waals surface area (Å²) >= 11 is 0. The fourth-order valence-electron chi connectivity index (χ4n) is 0. The topological polar surface area (TPSA) is 57.5 Å². The van der Waals surface area contributed by atoms with Gasteiger partial charge in [-0.2, -0.15) is 0 Å². The van der Waals surface area contributed by atoms with E-state index in [0.29, 0.717) is 0 Å². The molecule has 7 heavy (non-hydrogen) atoms. The van der Waals surface area contributed by atoms with E-state index in [1.165, 1.54) is 6.92 Å². The summed E-state index contributed by atoms with van der Waals surface area (Å²) < 4.78 is 0. The first-order valence-electron chi connectivity index (χ1n) is 1.55. The van der Waals surface area contributed by atoms with Crippen LogP contribution in [-0.4, -0.2) is 48.1 Å². The minimum absolute atomic E-state index is 0. The maximum atomic E-state index is 9.45. The molecule has 0 aromatic carbocycles. The average Bonchev–Trinajstić information content (AvgIpc) is 1.36. The van der Waals surface area contributed by atoms with Crippen molar-refractivity contribution in [2.45, 2.75) is 13.0 Å². The number of aliphatic carboxylic acids is 1. The Morgan fingerprint density at radius 1 is 1.71 bits per heavy atom. The third kappa shape index (κ3) is 6.30. The van der Waals surface area contributed by atoms with Gasteiger partial charge in [-0.15, -0.1) is 0 Å². The molecule has 4 heteroatoms. The van der Waals surface area contributed by atoms with Gasteiger partial charge in [0.05, 0.1) is 0 Å². The Morgan fingerprint density at radius 3 is 1.86 bits per heavy atom. The second-order valence-corrected chi connectivity index (χ2v) is 1.01. The fraction of sp³-hybridized carbons (Fsp3) is 0.667. The molecule has 0 fully saturated rings. The molecule has 2 N–H and O–H groups in total. The van der Waals surface area contributed by atoms with E-state index in [0.717, 1.165) is 0 Å². The molecule has 0 saturated carbocycles. The number of carbonyl (C=O) groups is 1. The Kier molecular flexibility index (Phi) is 6.57. The van der Waals surface area contributed by atoms with Crippen molar-refractivity contribution in [3.63, 3.8) is 0 Å². The SMILES string of the molecule is CC(O)C(=O)O.[InH3]. The van der Waals surface area contributed by atoms with Crippen LogP contribution in [0.4, 0.5) is 0 Å². The summed E-state index contributed by atoms with van der Waals surface area (Å²) in [6, 6.07) is 0. The van der Waals surface area contributed by atoms with E-state index in [2.05, 4.69) is 0 Å². The molecule has 0 amide bonds. The number of aliphatic hydroxyl groups is 1. The van der Waals surface area contributed by atoms with Gasteiger partial charge in [0, 0.05) is 0 Å². The van der Waals surface area contributed by atoms with Crippen molar-refractivity contribution in [2.75, 3.05) is 0 Å². The second-order valence-electron chi connectivity index (χ2n) is 1.01. The summed E-state index contributed by atoms with van der Waals surface area (Å²) in [5.74, 6) is -1.19. The van der Waals surface area contributed by atoms with Crippen LogP contribution in [0.15, 0.2) is 0 Å². The summed E-state index contributed by atoms with van der Waals surface area (Å²) in [4.78, 5) is 9.45. The number of rotatable bonds is 1.